The number of phenols is 1. The van der Waals surface area contributed by atoms with Crippen LogP contribution in [0, 0.1) is 6.92 Å². The molecule has 90 valence electrons. The first-order chi connectivity index (χ1) is 8.16. The summed E-state index contributed by atoms with van der Waals surface area (Å²) in [6.45, 7) is 3.61. The highest BCUT2D eigenvalue weighted by atomic mass is 79.9. The second-order valence-electron chi connectivity index (χ2n) is 3.85. The molecule has 0 aliphatic carbocycles. The summed E-state index contributed by atoms with van der Waals surface area (Å²) in [5, 5.41) is 12.9. The first-order valence-corrected chi connectivity index (χ1v) is 7.00. The predicted molar refractivity (Wildman–Crippen MR) is 75.4 cm³/mol. The van der Waals surface area contributed by atoms with E-state index in [4.69, 9.17) is 0 Å². The molecule has 17 heavy (non-hydrogen) atoms. The second kappa shape index (κ2) is 5.67. The van der Waals surface area contributed by atoms with Crippen molar-refractivity contribution in [2.24, 2.45) is 0 Å². The van der Waals surface area contributed by atoms with E-state index in [2.05, 4.69) is 34.2 Å². The summed E-state index contributed by atoms with van der Waals surface area (Å²) in [6, 6.07) is 9.54. The topological polar surface area (TPSA) is 32.3 Å². The van der Waals surface area contributed by atoms with Gasteiger partial charge in [-0.05, 0) is 35.0 Å². The largest absolute Gasteiger partial charge is 0.508 e. The third-order valence-corrected chi connectivity index (χ3v) is 4.65. The number of phenolic OH excluding ortho intramolecular Hbond substituents is 1. The zero-order chi connectivity index (χ0) is 12.3. The molecule has 4 heteroatoms. The van der Waals surface area contributed by atoms with Crippen LogP contribution in [0.25, 0.3) is 0 Å². The Morgan fingerprint density at radius 2 is 2.06 bits per heavy atom. The van der Waals surface area contributed by atoms with E-state index in [1.54, 1.807) is 17.4 Å². The van der Waals surface area contributed by atoms with E-state index in [-0.39, 0.29) is 0 Å². The van der Waals surface area contributed by atoms with Crippen LogP contribution in [0.1, 0.15) is 15.3 Å². The SMILES string of the molecule is Cc1sc(CNCc2ccccc2O)cc1Br. The summed E-state index contributed by atoms with van der Waals surface area (Å²) in [5.74, 6) is 0.351. The van der Waals surface area contributed by atoms with Crippen LogP contribution in [0.4, 0.5) is 0 Å². The third-order valence-electron chi connectivity index (χ3n) is 2.51. The molecular weight excluding hydrogens is 298 g/mol. The maximum Gasteiger partial charge on any atom is 0.120 e. The minimum absolute atomic E-state index is 0.351. The Labute approximate surface area is 113 Å². The molecule has 1 heterocycles. The molecule has 2 rings (SSSR count). The number of benzene rings is 1. The standard InChI is InChI=1S/C13H14BrNOS/c1-9-12(14)6-11(17-9)8-15-7-10-4-2-3-5-13(10)16/h2-6,15-16H,7-8H2,1H3. The molecule has 1 aromatic carbocycles. The van der Waals surface area contributed by atoms with E-state index in [0.717, 1.165) is 12.1 Å². The molecule has 0 saturated carbocycles. The van der Waals surface area contributed by atoms with Gasteiger partial charge >= 0.3 is 0 Å². The van der Waals surface area contributed by atoms with Gasteiger partial charge in [-0.3, -0.25) is 0 Å². The monoisotopic (exact) mass is 311 g/mol. The smallest absolute Gasteiger partial charge is 0.120 e. The van der Waals surface area contributed by atoms with Crippen molar-refractivity contribution in [1.82, 2.24) is 5.32 Å². The van der Waals surface area contributed by atoms with Crippen molar-refractivity contribution in [3.8, 4) is 5.75 Å². The van der Waals surface area contributed by atoms with Crippen molar-refractivity contribution in [2.75, 3.05) is 0 Å². The zero-order valence-electron chi connectivity index (χ0n) is 9.53. The molecule has 2 nitrogen and oxygen atoms in total. The van der Waals surface area contributed by atoms with E-state index < -0.39 is 0 Å². The van der Waals surface area contributed by atoms with E-state index in [9.17, 15) is 5.11 Å². The minimum atomic E-state index is 0.351. The molecule has 0 fully saturated rings. The maximum absolute atomic E-state index is 9.61. The van der Waals surface area contributed by atoms with Crippen LogP contribution < -0.4 is 5.32 Å². The van der Waals surface area contributed by atoms with Crippen LogP contribution in [0.5, 0.6) is 5.75 Å². The molecule has 0 unspecified atom stereocenters. The number of halogens is 1. The number of nitrogens with one attached hydrogen (secondary N) is 1. The number of para-hydroxylation sites is 1. The minimum Gasteiger partial charge on any atom is -0.508 e. The van der Waals surface area contributed by atoms with Crippen LogP contribution >= 0.6 is 27.3 Å². The molecular formula is C13H14BrNOS. The van der Waals surface area contributed by atoms with Crippen molar-refractivity contribution in [1.29, 1.82) is 0 Å². The van der Waals surface area contributed by atoms with E-state index in [0.29, 0.717) is 12.3 Å². The Morgan fingerprint density at radius 3 is 2.71 bits per heavy atom. The number of hydrogen-bond donors (Lipinski definition) is 2. The van der Waals surface area contributed by atoms with Gasteiger partial charge in [0.25, 0.3) is 0 Å². The summed E-state index contributed by atoms with van der Waals surface area (Å²) in [7, 11) is 0. The van der Waals surface area contributed by atoms with E-state index >= 15 is 0 Å². The average Bonchev–Trinajstić information content (AvgIpc) is 2.61. The van der Waals surface area contributed by atoms with Gasteiger partial charge in [0.05, 0.1) is 0 Å². The fourth-order valence-electron chi connectivity index (χ4n) is 1.59. The van der Waals surface area contributed by atoms with Gasteiger partial charge in [-0.15, -0.1) is 11.3 Å². The zero-order valence-corrected chi connectivity index (χ0v) is 11.9. The normalized spacial score (nSPS) is 10.7. The van der Waals surface area contributed by atoms with Crippen molar-refractivity contribution in [2.45, 2.75) is 20.0 Å². The van der Waals surface area contributed by atoms with Crippen molar-refractivity contribution in [3.63, 3.8) is 0 Å². The van der Waals surface area contributed by atoms with Gasteiger partial charge in [0.15, 0.2) is 0 Å². The van der Waals surface area contributed by atoms with E-state index in [1.165, 1.54) is 14.2 Å². The number of aryl methyl sites for hydroxylation is 1. The summed E-state index contributed by atoms with van der Waals surface area (Å²) in [5.41, 5.74) is 0.930. The van der Waals surface area contributed by atoms with E-state index in [1.807, 2.05) is 18.2 Å². The number of rotatable bonds is 4. The molecule has 0 amide bonds. The first-order valence-electron chi connectivity index (χ1n) is 5.39. The summed E-state index contributed by atoms with van der Waals surface area (Å²) in [6.07, 6.45) is 0. The Kier molecular flexibility index (Phi) is 4.20. The molecule has 2 aromatic rings. The van der Waals surface area contributed by atoms with Gasteiger partial charge in [-0.1, -0.05) is 18.2 Å². The predicted octanol–water partition coefficient (Wildman–Crippen LogP) is 3.81. The quantitative estimate of drug-likeness (QED) is 0.899. The molecule has 0 aliphatic heterocycles. The third kappa shape index (κ3) is 3.31. The molecule has 0 saturated heterocycles. The molecule has 0 aliphatic rings. The molecule has 0 radical (unpaired) electrons. The molecule has 0 bridgehead atoms. The number of thiophene rings is 1. The van der Waals surface area contributed by atoms with Crippen LogP contribution in [-0.2, 0) is 13.1 Å². The Morgan fingerprint density at radius 1 is 1.29 bits per heavy atom. The fourth-order valence-corrected chi connectivity index (χ4v) is 3.16. The summed E-state index contributed by atoms with van der Waals surface area (Å²) in [4.78, 5) is 2.59. The average molecular weight is 312 g/mol. The molecule has 1 aromatic heterocycles. The van der Waals surface area contributed by atoms with Crippen molar-refractivity contribution < 1.29 is 5.11 Å². The molecule has 0 atom stereocenters. The first kappa shape index (κ1) is 12.6. The molecule has 2 N–H and O–H groups in total. The highest BCUT2D eigenvalue weighted by molar-refractivity contribution is 9.10. The highest BCUT2D eigenvalue weighted by Crippen LogP contribution is 2.26. The highest BCUT2D eigenvalue weighted by Gasteiger charge is 2.03. The molecule has 0 spiro atoms. The lowest BCUT2D eigenvalue weighted by molar-refractivity contribution is 0.464. The van der Waals surface area contributed by atoms with Gasteiger partial charge < -0.3 is 10.4 Å². The second-order valence-corrected chi connectivity index (χ2v) is 6.04. The maximum atomic E-state index is 9.61. The van der Waals surface area contributed by atoms with Crippen LogP contribution in [0.3, 0.4) is 0 Å². The van der Waals surface area contributed by atoms with Crippen LogP contribution in [0.2, 0.25) is 0 Å². The van der Waals surface area contributed by atoms with Gasteiger partial charge in [-0.25, -0.2) is 0 Å². The van der Waals surface area contributed by atoms with Crippen molar-refractivity contribution in [3.05, 3.63) is 50.1 Å². The number of hydrogen-bond acceptors (Lipinski definition) is 3. The fraction of sp³-hybridized carbons (Fsp3) is 0.231. The summed E-state index contributed by atoms with van der Waals surface area (Å²) >= 11 is 5.29. The lowest BCUT2D eigenvalue weighted by Crippen LogP contribution is -2.11. The van der Waals surface area contributed by atoms with Gasteiger partial charge in [-0.2, -0.15) is 0 Å². The van der Waals surface area contributed by atoms with Gasteiger partial charge in [0.1, 0.15) is 5.75 Å². The lowest BCUT2D eigenvalue weighted by atomic mass is 10.2. The Bertz CT molecular complexity index is 490. The lowest BCUT2D eigenvalue weighted by Gasteiger charge is -2.05. The van der Waals surface area contributed by atoms with Gasteiger partial charge in [0, 0.05) is 32.9 Å². The Hall–Kier alpha value is -0.840. The van der Waals surface area contributed by atoms with Crippen LogP contribution in [0.15, 0.2) is 34.8 Å². The van der Waals surface area contributed by atoms with Gasteiger partial charge in [0.2, 0.25) is 0 Å². The summed E-state index contributed by atoms with van der Waals surface area (Å²) < 4.78 is 1.17. The Balaban J connectivity index is 1.90. The number of aromatic hydroxyl groups is 1. The van der Waals surface area contributed by atoms with Crippen molar-refractivity contribution >= 4 is 27.3 Å². The van der Waals surface area contributed by atoms with Crippen LogP contribution in [-0.4, -0.2) is 5.11 Å².